The van der Waals surface area contributed by atoms with Gasteiger partial charge in [0.25, 0.3) is 10.1 Å². The van der Waals surface area contributed by atoms with Gasteiger partial charge in [0.05, 0.1) is 43.6 Å². The number of fused-ring (bicyclic) bond motifs is 2. The first-order valence-electron chi connectivity index (χ1n) is 16.0. The number of ether oxygens (including phenoxy) is 3. The molecule has 284 valence electrons. The van der Waals surface area contributed by atoms with E-state index in [0.29, 0.717) is 22.0 Å². The SMILES string of the molecule is CC(C)(C)OC(=O)N(CCO)Cc1cc(F)cc2cc[nH]c12.CC(C)(C)OC(=O)N(CCOS(C)(=O)=O)Cc1cc(F)cc2cc[nH]c12.COC. The van der Waals surface area contributed by atoms with Crippen molar-refractivity contribution in [1.82, 2.24) is 19.8 Å². The molecule has 51 heavy (non-hydrogen) atoms. The molecule has 0 atom stereocenters. The maximum Gasteiger partial charge on any atom is 0.410 e. The van der Waals surface area contributed by atoms with Crippen molar-refractivity contribution in [3.05, 3.63) is 71.6 Å². The van der Waals surface area contributed by atoms with Crippen molar-refractivity contribution in [2.24, 2.45) is 0 Å². The van der Waals surface area contributed by atoms with E-state index in [1.807, 2.05) is 0 Å². The van der Waals surface area contributed by atoms with Crippen molar-refractivity contribution in [2.45, 2.75) is 65.8 Å². The first kappa shape index (κ1) is 42.9. The van der Waals surface area contributed by atoms with Crippen molar-refractivity contribution in [1.29, 1.82) is 0 Å². The zero-order valence-corrected chi connectivity index (χ0v) is 31.4. The van der Waals surface area contributed by atoms with Gasteiger partial charge in [-0.1, -0.05) is 0 Å². The van der Waals surface area contributed by atoms with Crippen LogP contribution in [0.3, 0.4) is 0 Å². The van der Waals surface area contributed by atoms with Gasteiger partial charge < -0.3 is 39.1 Å². The van der Waals surface area contributed by atoms with Gasteiger partial charge in [0, 0.05) is 50.5 Å². The Hall–Kier alpha value is -4.25. The summed E-state index contributed by atoms with van der Waals surface area (Å²) in [6, 6.07) is 9.03. The number of benzene rings is 2. The van der Waals surface area contributed by atoms with Crippen LogP contribution in [-0.2, 0) is 41.6 Å². The second kappa shape index (κ2) is 18.8. The summed E-state index contributed by atoms with van der Waals surface area (Å²) in [6.07, 6.45) is 3.15. The topological polar surface area (TPSA) is 163 Å². The zero-order valence-electron chi connectivity index (χ0n) is 30.6. The van der Waals surface area contributed by atoms with Crippen molar-refractivity contribution in [3.8, 4) is 0 Å². The number of carbonyl (C=O) groups is 2. The zero-order chi connectivity index (χ0) is 38.6. The summed E-state index contributed by atoms with van der Waals surface area (Å²) in [4.78, 5) is 33.4. The summed E-state index contributed by atoms with van der Waals surface area (Å²) in [5.41, 5.74) is 1.30. The van der Waals surface area contributed by atoms with Crippen LogP contribution in [0, 0.1) is 11.6 Å². The lowest BCUT2D eigenvalue weighted by molar-refractivity contribution is 0.0197. The number of carbonyl (C=O) groups excluding carboxylic acids is 2. The number of amides is 2. The lowest BCUT2D eigenvalue weighted by Gasteiger charge is -2.27. The van der Waals surface area contributed by atoms with Crippen LogP contribution in [0.1, 0.15) is 52.7 Å². The minimum absolute atomic E-state index is 0.0271. The number of H-pyrrole nitrogens is 2. The molecule has 0 aliphatic rings. The van der Waals surface area contributed by atoms with Crippen LogP contribution in [0.15, 0.2) is 48.8 Å². The predicted molar refractivity (Wildman–Crippen MR) is 191 cm³/mol. The van der Waals surface area contributed by atoms with Crippen molar-refractivity contribution >= 4 is 44.1 Å². The summed E-state index contributed by atoms with van der Waals surface area (Å²) in [7, 11) is -0.381. The second-order valence-electron chi connectivity index (χ2n) is 13.5. The van der Waals surface area contributed by atoms with Gasteiger partial charge in [-0.2, -0.15) is 8.42 Å². The number of rotatable bonds is 10. The Morgan fingerprint density at radius 3 is 1.51 bits per heavy atom. The highest BCUT2D eigenvalue weighted by molar-refractivity contribution is 7.85. The highest BCUT2D eigenvalue weighted by Crippen LogP contribution is 2.23. The Kier molecular flexibility index (Phi) is 15.8. The van der Waals surface area contributed by atoms with Crippen molar-refractivity contribution < 1.29 is 50.3 Å². The van der Waals surface area contributed by atoms with Crippen LogP contribution in [-0.4, -0.2) is 103 Å². The molecular formula is C35H50F2N4O9S. The molecule has 0 unspecified atom stereocenters. The lowest BCUT2D eigenvalue weighted by atomic mass is 10.1. The molecule has 0 aliphatic carbocycles. The fourth-order valence-electron chi connectivity index (χ4n) is 4.62. The summed E-state index contributed by atoms with van der Waals surface area (Å²) in [6.45, 7) is 10.4. The standard InChI is InChI=1S/C17H23FN2O5S.C16H21FN2O3.C2H6O/c1-17(2,3)25-16(21)20(7-8-24-26(4,22)23)11-13-10-14(18)9-12-5-6-19-15(12)13;1-16(2,3)22-15(21)19(6-7-20)10-12-9-13(17)8-11-4-5-18-14(11)12;1-3-2/h5-6,9-10,19H,7-8,11H2,1-4H3;4-5,8-9,18,20H,6-7,10H2,1-3H3;1-2H3. The molecule has 0 radical (unpaired) electrons. The van der Waals surface area contributed by atoms with E-state index < -0.39 is 39.3 Å². The number of hydrogen-bond acceptors (Lipinski definition) is 9. The van der Waals surface area contributed by atoms with Gasteiger partial charge in [0.1, 0.15) is 22.8 Å². The van der Waals surface area contributed by atoms with Crippen molar-refractivity contribution in [3.63, 3.8) is 0 Å². The largest absolute Gasteiger partial charge is 0.444 e. The second-order valence-corrected chi connectivity index (χ2v) is 15.1. The number of aliphatic hydroxyl groups is 1. The maximum absolute atomic E-state index is 13.9. The van der Waals surface area contributed by atoms with Crippen LogP contribution in [0.2, 0.25) is 0 Å². The molecule has 4 rings (SSSR count). The van der Waals surface area contributed by atoms with E-state index >= 15 is 0 Å². The van der Waals surface area contributed by atoms with Crippen LogP contribution >= 0.6 is 0 Å². The van der Waals surface area contributed by atoms with Crippen molar-refractivity contribution in [2.75, 3.05) is 46.8 Å². The molecule has 0 spiro atoms. The highest BCUT2D eigenvalue weighted by Gasteiger charge is 2.25. The molecule has 16 heteroatoms. The van der Waals surface area contributed by atoms with Gasteiger partial charge in [0.2, 0.25) is 0 Å². The fraction of sp³-hybridized carbons (Fsp3) is 0.486. The van der Waals surface area contributed by atoms with E-state index in [9.17, 15) is 26.8 Å². The quantitative estimate of drug-likeness (QED) is 0.158. The Morgan fingerprint density at radius 2 is 1.16 bits per heavy atom. The van der Waals surface area contributed by atoms with Gasteiger partial charge in [-0.05, 0) is 89.1 Å². The third-order valence-electron chi connectivity index (χ3n) is 6.47. The van der Waals surface area contributed by atoms with Crippen LogP contribution in [0.25, 0.3) is 21.8 Å². The molecule has 0 aliphatic heterocycles. The maximum atomic E-state index is 13.9. The summed E-state index contributed by atoms with van der Waals surface area (Å²) in [5.74, 6) is -0.793. The Morgan fingerprint density at radius 1 is 0.765 bits per heavy atom. The first-order valence-corrected chi connectivity index (χ1v) is 17.8. The first-order chi connectivity index (χ1) is 23.7. The van der Waals surface area contributed by atoms with Gasteiger partial charge in [0.15, 0.2) is 0 Å². The molecule has 0 saturated carbocycles. The molecular weight excluding hydrogens is 690 g/mol. The molecule has 2 aromatic carbocycles. The third kappa shape index (κ3) is 15.3. The monoisotopic (exact) mass is 740 g/mol. The molecule has 2 amide bonds. The molecule has 0 saturated heterocycles. The van der Waals surface area contributed by atoms with Crippen LogP contribution < -0.4 is 0 Å². The normalized spacial score (nSPS) is 11.7. The number of nitrogens with one attached hydrogen (secondary N) is 2. The molecule has 13 nitrogen and oxygen atoms in total. The van der Waals surface area contributed by atoms with E-state index in [1.54, 1.807) is 80.3 Å². The van der Waals surface area contributed by atoms with Gasteiger partial charge in [-0.15, -0.1) is 0 Å². The van der Waals surface area contributed by atoms with Gasteiger partial charge in [-0.25, -0.2) is 18.4 Å². The fourth-order valence-corrected chi connectivity index (χ4v) is 5.00. The average Bonchev–Trinajstić information content (AvgIpc) is 3.64. The number of aliphatic hydroxyl groups excluding tert-OH is 1. The number of methoxy groups -OCH3 is 1. The molecule has 3 N–H and O–H groups in total. The lowest BCUT2D eigenvalue weighted by Crippen LogP contribution is -2.38. The molecule has 0 bridgehead atoms. The molecule has 2 heterocycles. The minimum atomic E-state index is -3.63. The number of nitrogens with zero attached hydrogens (tertiary/aromatic N) is 2. The molecule has 2 aromatic heterocycles. The average molecular weight is 741 g/mol. The molecule has 0 fully saturated rings. The number of aromatic amines is 2. The Labute approximate surface area is 297 Å². The smallest absolute Gasteiger partial charge is 0.410 e. The van der Waals surface area contributed by atoms with Crippen LogP contribution in [0.4, 0.5) is 18.4 Å². The Bertz CT molecular complexity index is 1830. The molecule has 4 aromatic rings. The number of hydrogen-bond donors (Lipinski definition) is 3. The summed E-state index contributed by atoms with van der Waals surface area (Å²) in [5, 5.41) is 10.6. The van der Waals surface area contributed by atoms with E-state index in [-0.39, 0.29) is 45.2 Å². The predicted octanol–water partition coefficient (Wildman–Crippen LogP) is 6.32. The summed E-state index contributed by atoms with van der Waals surface area (Å²) < 4.78 is 69.5. The minimum Gasteiger partial charge on any atom is -0.444 e. The highest BCUT2D eigenvalue weighted by atomic mass is 32.2. The van der Waals surface area contributed by atoms with E-state index in [0.717, 1.165) is 17.2 Å². The van der Waals surface area contributed by atoms with E-state index in [2.05, 4.69) is 14.7 Å². The van der Waals surface area contributed by atoms with E-state index in [4.69, 9.17) is 18.8 Å². The number of halogens is 2. The third-order valence-corrected chi connectivity index (χ3v) is 7.06. The van der Waals surface area contributed by atoms with Gasteiger partial charge >= 0.3 is 12.2 Å². The summed E-state index contributed by atoms with van der Waals surface area (Å²) >= 11 is 0. The Balaban J connectivity index is 0.000000332. The number of aromatic nitrogens is 2. The van der Waals surface area contributed by atoms with Gasteiger partial charge in [-0.3, -0.25) is 4.18 Å². The van der Waals surface area contributed by atoms with Crippen LogP contribution in [0.5, 0.6) is 0 Å². The van der Waals surface area contributed by atoms with E-state index in [1.165, 1.54) is 34.1 Å².